The molecule has 0 saturated heterocycles. The predicted octanol–water partition coefficient (Wildman–Crippen LogP) is 4.82. The summed E-state index contributed by atoms with van der Waals surface area (Å²) < 4.78 is 39.6. The van der Waals surface area contributed by atoms with Gasteiger partial charge in [0.1, 0.15) is 10.3 Å². The van der Waals surface area contributed by atoms with Crippen LogP contribution in [0.4, 0.5) is 13.2 Å². The molecular weight excluding hydrogens is 297 g/mol. The minimum absolute atomic E-state index is 0.000743. The van der Waals surface area contributed by atoms with Gasteiger partial charge >= 0.3 is 6.18 Å². The van der Waals surface area contributed by atoms with Crippen molar-refractivity contribution in [3.05, 3.63) is 44.7 Å². The molecule has 2 rings (SSSR count). The van der Waals surface area contributed by atoms with Crippen molar-refractivity contribution in [3.63, 3.8) is 0 Å². The van der Waals surface area contributed by atoms with E-state index in [-0.39, 0.29) is 10.2 Å². The van der Waals surface area contributed by atoms with Crippen molar-refractivity contribution < 1.29 is 13.2 Å². The topological polar surface area (TPSA) is 20.7 Å². The molecule has 0 spiro atoms. The van der Waals surface area contributed by atoms with Crippen LogP contribution in [-0.2, 0) is 6.18 Å². The van der Waals surface area contributed by atoms with E-state index in [0.29, 0.717) is 10.7 Å². The van der Waals surface area contributed by atoms with E-state index < -0.39 is 11.9 Å². The van der Waals surface area contributed by atoms with Gasteiger partial charge in [-0.3, -0.25) is 5.10 Å². The molecule has 102 valence electrons. The van der Waals surface area contributed by atoms with E-state index in [4.69, 9.17) is 23.8 Å². The fourth-order valence-corrected chi connectivity index (χ4v) is 2.13. The van der Waals surface area contributed by atoms with Crippen LogP contribution in [0.15, 0.2) is 18.2 Å². The van der Waals surface area contributed by atoms with Gasteiger partial charge in [0.15, 0.2) is 0 Å². The minimum Gasteiger partial charge on any atom is -0.288 e. The van der Waals surface area contributed by atoms with Gasteiger partial charge in [0.25, 0.3) is 0 Å². The van der Waals surface area contributed by atoms with Crippen LogP contribution in [0.5, 0.6) is 0 Å². The van der Waals surface area contributed by atoms with Crippen molar-refractivity contribution in [1.29, 1.82) is 0 Å². The second-order valence-electron chi connectivity index (χ2n) is 4.18. The Morgan fingerprint density at radius 3 is 2.37 bits per heavy atom. The van der Waals surface area contributed by atoms with Crippen LogP contribution in [0.1, 0.15) is 16.8 Å². The molecule has 0 unspecified atom stereocenters. The Hall–Kier alpha value is -1.27. The highest BCUT2D eigenvalue weighted by Crippen LogP contribution is 2.32. The van der Waals surface area contributed by atoms with E-state index in [2.05, 4.69) is 5.10 Å². The molecule has 1 heterocycles. The molecule has 19 heavy (non-hydrogen) atoms. The van der Waals surface area contributed by atoms with E-state index in [0.717, 1.165) is 5.56 Å². The molecule has 1 aromatic carbocycles. The molecule has 0 bridgehead atoms. The maximum absolute atomic E-state index is 12.8. The number of nitrogens with zero attached hydrogens (tertiary/aromatic N) is 1. The summed E-state index contributed by atoms with van der Waals surface area (Å²) in [5.41, 5.74) is 0.476. The molecule has 0 aliphatic carbocycles. The summed E-state index contributed by atoms with van der Waals surface area (Å²) in [5.74, 6) is 0. The van der Waals surface area contributed by atoms with Crippen molar-refractivity contribution in [2.24, 2.45) is 0 Å². The molecule has 0 atom stereocenters. The molecule has 1 aromatic heterocycles. The Kier molecular flexibility index (Phi) is 3.49. The number of hydrogen-bond donors (Lipinski definition) is 1. The molecule has 0 radical (unpaired) electrons. The summed E-state index contributed by atoms with van der Waals surface area (Å²) in [4.78, 5) is 0. The highest BCUT2D eigenvalue weighted by atomic mass is 35.5. The molecule has 0 aliphatic heterocycles. The average molecular weight is 307 g/mol. The summed E-state index contributed by atoms with van der Waals surface area (Å²) in [5, 5.41) is 2.75. The number of alkyl halides is 3. The van der Waals surface area contributed by atoms with Crippen molar-refractivity contribution in [3.8, 4) is 5.69 Å². The molecule has 1 N–H and O–H groups in total. The lowest BCUT2D eigenvalue weighted by molar-refractivity contribution is -0.141. The molecular formula is C12H10ClF3N2S. The smallest absolute Gasteiger partial charge is 0.288 e. The summed E-state index contributed by atoms with van der Waals surface area (Å²) in [6.45, 7) is 3.15. The zero-order valence-electron chi connectivity index (χ0n) is 10.1. The van der Waals surface area contributed by atoms with Gasteiger partial charge < -0.3 is 0 Å². The third kappa shape index (κ3) is 2.55. The first kappa shape index (κ1) is 14.1. The zero-order valence-corrected chi connectivity index (χ0v) is 11.7. The minimum atomic E-state index is -4.46. The number of H-pyrrole nitrogens is 1. The number of aryl methyl sites for hydroxylation is 1. The SMILES string of the molecule is Cc1ccc(-n2[nH]c(C(F)(F)F)c(C)c2=S)cc1Cl. The Morgan fingerprint density at radius 2 is 1.89 bits per heavy atom. The first-order valence-corrected chi connectivity index (χ1v) is 6.16. The molecule has 7 heteroatoms. The summed E-state index contributed by atoms with van der Waals surface area (Å²) >= 11 is 11.0. The average Bonchev–Trinajstić information content (AvgIpc) is 2.60. The van der Waals surface area contributed by atoms with Gasteiger partial charge in [-0.05, 0) is 31.5 Å². The first-order chi connectivity index (χ1) is 8.71. The second-order valence-corrected chi connectivity index (χ2v) is 4.98. The van der Waals surface area contributed by atoms with Crippen molar-refractivity contribution in [2.75, 3.05) is 0 Å². The lowest BCUT2D eigenvalue weighted by atomic mass is 10.2. The Morgan fingerprint density at radius 1 is 1.26 bits per heavy atom. The van der Waals surface area contributed by atoms with Crippen LogP contribution in [0.3, 0.4) is 0 Å². The standard InChI is InChI=1S/C12H10ClF3N2S/c1-6-3-4-8(5-9(6)13)18-11(19)7(2)10(17-18)12(14,15)16/h3-5,17H,1-2H3. The number of halogens is 4. The number of rotatable bonds is 1. The van der Waals surface area contributed by atoms with E-state index in [9.17, 15) is 13.2 Å². The normalized spacial score (nSPS) is 11.9. The van der Waals surface area contributed by atoms with Crippen molar-refractivity contribution >= 4 is 23.8 Å². The van der Waals surface area contributed by atoms with Crippen molar-refractivity contribution in [2.45, 2.75) is 20.0 Å². The van der Waals surface area contributed by atoms with E-state index in [1.807, 2.05) is 6.92 Å². The van der Waals surface area contributed by atoms with Gasteiger partial charge in [-0.1, -0.05) is 29.9 Å². The number of nitrogens with one attached hydrogen (secondary N) is 1. The number of aromatic nitrogens is 2. The van der Waals surface area contributed by atoms with E-state index in [1.165, 1.54) is 11.6 Å². The van der Waals surface area contributed by atoms with Gasteiger partial charge in [-0.25, -0.2) is 4.68 Å². The summed E-state index contributed by atoms with van der Waals surface area (Å²) in [7, 11) is 0. The van der Waals surface area contributed by atoms with Crippen molar-refractivity contribution in [1.82, 2.24) is 9.78 Å². The lowest BCUT2D eigenvalue weighted by Gasteiger charge is -2.06. The van der Waals surface area contributed by atoms with Gasteiger partial charge in [-0.2, -0.15) is 13.2 Å². The quantitative estimate of drug-likeness (QED) is 0.749. The van der Waals surface area contributed by atoms with Crippen LogP contribution in [0.2, 0.25) is 5.02 Å². The van der Waals surface area contributed by atoms with E-state index in [1.54, 1.807) is 18.2 Å². The molecule has 2 aromatic rings. The summed E-state index contributed by atoms with van der Waals surface area (Å²) in [6.07, 6.45) is -4.46. The maximum Gasteiger partial charge on any atom is 0.433 e. The fraction of sp³-hybridized carbons (Fsp3) is 0.250. The van der Waals surface area contributed by atoms with Crippen LogP contribution in [0, 0.1) is 18.5 Å². The Bertz CT molecular complexity index is 685. The Labute approximate surface area is 117 Å². The number of aromatic amines is 1. The highest BCUT2D eigenvalue weighted by molar-refractivity contribution is 7.71. The van der Waals surface area contributed by atoms with Crippen LogP contribution in [-0.4, -0.2) is 9.78 Å². The predicted molar refractivity (Wildman–Crippen MR) is 70.4 cm³/mol. The Balaban J connectivity index is 2.64. The molecule has 0 aliphatic rings. The largest absolute Gasteiger partial charge is 0.433 e. The third-order valence-electron chi connectivity index (χ3n) is 2.82. The lowest BCUT2D eigenvalue weighted by Crippen LogP contribution is -2.08. The summed E-state index contributed by atoms with van der Waals surface area (Å²) in [6, 6.07) is 4.96. The van der Waals surface area contributed by atoms with Crippen LogP contribution < -0.4 is 0 Å². The van der Waals surface area contributed by atoms with Gasteiger partial charge in [-0.15, -0.1) is 0 Å². The van der Waals surface area contributed by atoms with Crippen LogP contribution in [0.25, 0.3) is 5.69 Å². The van der Waals surface area contributed by atoms with Gasteiger partial charge in [0.2, 0.25) is 0 Å². The second kappa shape index (κ2) is 4.68. The zero-order chi connectivity index (χ0) is 14.4. The molecule has 0 fully saturated rings. The fourth-order valence-electron chi connectivity index (χ4n) is 1.70. The molecule has 2 nitrogen and oxygen atoms in total. The third-order valence-corrected chi connectivity index (χ3v) is 3.72. The van der Waals surface area contributed by atoms with E-state index >= 15 is 0 Å². The van der Waals surface area contributed by atoms with Gasteiger partial charge in [0, 0.05) is 10.6 Å². The molecule has 0 amide bonds. The maximum atomic E-state index is 12.8. The van der Waals surface area contributed by atoms with Gasteiger partial charge in [0.05, 0.1) is 5.69 Å². The first-order valence-electron chi connectivity index (χ1n) is 5.37. The number of benzene rings is 1. The number of hydrogen-bond acceptors (Lipinski definition) is 1. The monoisotopic (exact) mass is 306 g/mol. The molecule has 0 saturated carbocycles. The highest BCUT2D eigenvalue weighted by Gasteiger charge is 2.35. The van der Waals surface area contributed by atoms with Crippen LogP contribution >= 0.6 is 23.8 Å².